The molecule has 0 aromatic heterocycles. The van der Waals surface area contributed by atoms with Gasteiger partial charge in [0.1, 0.15) is 5.75 Å². The van der Waals surface area contributed by atoms with Gasteiger partial charge in [0.05, 0.1) is 19.4 Å². The summed E-state index contributed by atoms with van der Waals surface area (Å²) < 4.78 is 16.6. The molecule has 0 aliphatic heterocycles. The number of hydrogen-bond donors (Lipinski definition) is 1. The molecule has 6 heteroatoms. The minimum Gasteiger partial charge on any atom is -0.490 e. The predicted octanol–water partition coefficient (Wildman–Crippen LogP) is 3.58. The molecule has 0 heterocycles. The first-order chi connectivity index (χ1) is 13.2. The number of nitrogens with one attached hydrogen (secondary N) is 1. The Bertz CT molecular complexity index is 775. The van der Waals surface area contributed by atoms with Crippen LogP contribution in [0, 0.1) is 0 Å². The van der Waals surface area contributed by atoms with Gasteiger partial charge in [-0.3, -0.25) is 4.79 Å². The van der Waals surface area contributed by atoms with E-state index in [1.807, 2.05) is 56.3 Å². The molecule has 0 atom stereocenters. The van der Waals surface area contributed by atoms with E-state index in [0.717, 1.165) is 17.5 Å². The highest BCUT2D eigenvalue weighted by atomic mass is 16.5. The fourth-order valence-corrected chi connectivity index (χ4v) is 2.36. The van der Waals surface area contributed by atoms with Crippen LogP contribution in [0.25, 0.3) is 0 Å². The molecule has 2 rings (SSSR count). The normalized spacial score (nSPS) is 10.6. The summed E-state index contributed by atoms with van der Waals surface area (Å²) in [6, 6.07) is 13.2. The van der Waals surface area contributed by atoms with E-state index in [-0.39, 0.29) is 12.5 Å². The number of amides is 1. The standard InChI is InChI=1S/C21H26N2O4/c1-4-16-8-7-9-18(12-16)27-15-21(24)23-22-14-17-10-11-19(25-5-2)20(13-17)26-6-3/h7-14H,4-6,15H2,1-3H3,(H,23,24)/b22-14+. The fourth-order valence-electron chi connectivity index (χ4n) is 2.36. The van der Waals surface area contributed by atoms with E-state index in [4.69, 9.17) is 14.2 Å². The molecule has 0 fully saturated rings. The van der Waals surface area contributed by atoms with E-state index in [2.05, 4.69) is 17.5 Å². The van der Waals surface area contributed by atoms with Gasteiger partial charge in [0.15, 0.2) is 18.1 Å². The van der Waals surface area contributed by atoms with Gasteiger partial charge in [-0.15, -0.1) is 0 Å². The van der Waals surface area contributed by atoms with Crippen LogP contribution in [-0.4, -0.2) is 31.9 Å². The highest BCUT2D eigenvalue weighted by Gasteiger charge is 2.06. The van der Waals surface area contributed by atoms with E-state index in [1.165, 1.54) is 0 Å². The predicted molar refractivity (Wildman–Crippen MR) is 106 cm³/mol. The lowest BCUT2D eigenvalue weighted by Crippen LogP contribution is -2.24. The maximum Gasteiger partial charge on any atom is 0.277 e. The molecule has 27 heavy (non-hydrogen) atoms. The maximum atomic E-state index is 11.9. The van der Waals surface area contributed by atoms with Crippen LogP contribution in [0.2, 0.25) is 0 Å². The molecule has 0 saturated heterocycles. The summed E-state index contributed by atoms with van der Waals surface area (Å²) in [6.45, 7) is 6.89. The van der Waals surface area contributed by atoms with Crippen molar-refractivity contribution in [3.63, 3.8) is 0 Å². The van der Waals surface area contributed by atoms with Crippen molar-refractivity contribution in [1.82, 2.24) is 5.43 Å². The zero-order valence-corrected chi connectivity index (χ0v) is 16.0. The van der Waals surface area contributed by atoms with Gasteiger partial charge >= 0.3 is 0 Å². The van der Waals surface area contributed by atoms with Gasteiger partial charge in [0.2, 0.25) is 0 Å². The minimum atomic E-state index is -0.330. The summed E-state index contributed by atoms with van der Waals surface area (Å²) in [5.41, 5.74) is 4.40. The molecule has 0 aliphatic carbocycles. The van der Waals surface area contributed by atoms with Crippen LogP contribution in [0.1, 0.15) is 31.9 Å². The Morgan fingerprint density at radius 3 is 2.52 bits per heavy atom. The van der Waals surface area contributed by atoms with Gasteiger partial charge in [-0.2, -0.15) is 5.10 Å². The van der Waals surface area contributed by atoms with Crippen molar-refractivity contribution in [2.75, 3.05) is 19.8 Å². The Hall–Kier alpha value is -3.02. The van der Waals surface area contributed by atoms with Gasteiger partial charge in [0.25, 0.3) is 5.91 Å². The third-order valence-electron chi connectivity index (χ3n) is 3.65. The van der Waals surface area contributed by atoms with Crippen molar-refractivity contribution >= 4 is 12.1 Å². The average molecular weight is 370 g/mol. The molecule has 144 valence electrons. The Morgan fingerprint density at radius 2 is 1.78 bits per heavy atom. The number of carbonyl (C=O) groups excluding carboxylic acids is 1. The molecular formula is C21H26N2O4. The van der Waals surface area contributed by atoms with Crippen LogP contribution in [0.15, 0.2) is 47.6 Å². The third kappa shape index (κ3) is 6.66. The Labute approximate surface area is 160 Å². The minimum absolute atomic E-state index is 0.0992. The number of aryl methyl sites for hydroxylation is 1. The van der Waals surface area contributed by atoms with Crippen LogP contribution < -0.4 is 19.6 Å². The van der Waals surface area contributed by atoms with Crippen molar-refractivity contribution in [3.05, 3.63) is 53.6 Å². The number of ether oxygens (including phenoxy) is 3. The lowest BCUT2D eigenvalue weighted by Gasteiger charge is -2.11. The zero-order chi connectivity index (χ0) is 19.5. The molecule has 0 spiro atoms. The number of rotatable bonds is 10. The fraction of sp³-hybridized carbons (Fsp3) is 0.333. The monoisotopic (exact) mass is 370 g/mol. The van der Waals surface area contributed by atoms with E-state index in [0.29, 0.717) is 30.5 Å². The van der Waals surface area contributed by atoms with Gasteiger partial charge in [0, 0.05) is 0 Å². The molecule has 1 amide bonds. The van der Waals surface area contributed by atoms with Crippen LogP contribution in [0.5, 0.6) is 17.2 Å². The summed E-state index contributed by atoms with van der Waals surface area (Å²) in [4.78, 5) is 11.9. The van der Waals surface area contributed by atoms with E-state index in [1.54, 1.807) is 6.21 Å². The molecule has 1 N–H and O–H groups in total. The topological polar surface area (TPSA) is 69.2 Å². The molecule has 6 nitrogen and oxygen atoms in total. The van der Waals surface area contributed by atoms with Crippen molar-refractivity contribution in [1.29, 1.82) is 0 Å². The third-order valence-corrected chi connectivity index (χ3v) is 3.65. The second-order valence-electron chi connectivity index (χ2n) is 5.66. The van der Waals surface area contributed by atoms with Crippen LogP contribution in [-0.2, 0) is 11.2 Å². The largest absolute Gasteiger partial charge is 0.490 e. The summed E-state index contributed by atoms with van der Waals surface area (Å²) >= 11 is 0. The summed E-state index contributed by atoms with van der Waals surface area (Å²) in [5, 5.41) is 3.96. The molecule has 0 unspecified atom stereocenters. The second-order valence-corrected chi connectivity index (χ2v) is 5.66. The lowest BCUT2D eigenvalue weighted by atomic mass is 10.2. The van der Waals surface area contributed by atoms with E-state index in [9.17, 15) is 4.79 Å². The van der Waals surface area contributed by atoms with Crippen molar-refractivity contribution in [2.24, 2.45) is 5.10 Å². The second kappa shape index (κ2) is 10.9. The van der Waals surface area contributed by atoms with Crippen LogP contribution >= 0.6 is 0 Å². The van der Waals surface area contributed by atoms with Gasteiger partial charge in [-0.1, -0.05) is 19.1 Å². The van der Waals surface area contributed by atoms with Crippen LogP contribution in [0.3, 0.4) is 0 Å². The molecule has 0 saturated carbocycles. The molecule has 0 aliphatic rings. The molecular weight excluding hydrogens is 344 g/mol. The smallest absolute Gasteiger partial charge is 0.277 e. The zero-order valence-electron chi connectivity index (χ0n) is 16.0. The van der Waals surface area contributed by atoms with E-state index < -0.39 is 0 Å². The highest BCUT2D eigenvalue weighted by Crippen LogP contribution is 2.27. The Kier molecular flexibility index (Phi) is 8.16. The van der Waals surface area contributed by atoms with Crippen molar-refractivity contribution < 1.29 is 19.0 Å². The summed E-state index contributed by atoms with van der Waals surface area (Å²) in [6.07, 6.45) is 2.47. The summed E-state index contributed by atoms with van der Waals surface area (Å²) in [5.74, 6) is 1.67. The SMILES string of the molecule is CCOc1ccc(/C=N/NC(=O)COc2cccc(CC)c2)cc1OCC. The Morgan fingerprint density at radius 1 is 1.00 bits per heavy atom. The number of hydrazone groups is 1. The quantitative estimate of drug-likeness (QED) is 0.513. The van der Waals surface area contributed by atoms with Gasteiger partial charge in [-0.25, -0.2) is 5.43 Å². The molecule has 2 aromatic rings. The number of benzene rings is 2. The first-order valence-corrected chi connectivity index (χ1v) is 9.09. The number of carbonyl (C=O) groups is 1. The average Bonchev–Trinajstić information content (AvgIpc) is 2.69. The number of hydrogen-bond acceptors (Lipinski definition) is 5. The lowest BCUT2D eigenvalue weighted by molar-refractivity contribution is -0.123. The maximum absolute atomic E-state index is 11.9. The first kappa shape index (κ1) is 20.3. The van der Waals surface area contributed by atoms with E-state index >= 15 is 0 Å². The highest BCUT2D eigenvalue weighted by molar-refractivity contribution is 5.83. The number of nitrogens with zero attached hydrogens (tertiary/aromatic N) is 1. The van der Waals surface area contributed by atoms with Gasteiger partial charge < -0.3 is 14.2 Å². The van der Waals surface area contributed by atoms with Gasteiger partial charge in [-0.05, 0) is 61.7 Å². The summed E-state index contributed by atoms with van der Waals surface area (Å²) in [7, 11) is 0. The van der Waals surface area contributed by atoms with Crippen molar-refractivity contribution in [2.45, 2.75) is 27.2 Å². The first-order valence-electron chi connectivity index (χ1n) is 9.09. The molecule has 0 bridgehead atoms. The molecule has 2 aromatic carbocycles. The Balaban J connectivity index is 1.88. The van der Waals surface area contributed by atoms with Crippen LogP contribution in [0.4, 0.5) is 0 Å². The van der Waals surface area contributed by atoms with Crippen molar-refractivity contribution in [3.8, 4) is 17.2 Å². The molecule has 0 radical (unpaired) electrons.